The van der Waals surface area contributed by atoms with Crippen molar-refractivity contribution >= 4 is 5.97 Å². The van der Waals surface area contributed by atoms with Gasteiger partial charge < -0.3 is 5.11 Å². The van der Waals surface area contributed by atoms with Crippen molar-refractivity contribution in [3.63, 3.8) is 0 Å². The number of piperazine rings is 1. The lowest BCUT2D eigenvalue weighted by atomic mass is 9.95. The van der Waals surface area contributed by atoms with Crippen molar-refractivity contribution in [2.45, 2.75) is 19.0 Å². The standard InChI is InChI=1S/C20H24N2O2/c1-16-14-21(15-19(23)24)12-13-22(16)20(17-8-4-2-5-9-17)18-10-6-3-7-11-18/h2-11,16,20H,12-15H2,1H3,(H,23,24)/t16-/m1/s1. The van der Waals surface area contributed by atoms with Crippen LogP contribution in [0.3, 0.4) is 0 Å². The fourth-order valence-corrected chi connectivity index (χ4v) is 3.61. The Morgan fingerprint density at radius 2 is 1.58 bits per heavy atom. The maximum Gasteiger partial charge on any atom is 0.317 e. The number of hydrogen-bond donors (Lipinski definition) is 1. The van der Waals surface area contributed by atoms with Gasteiger partial charge in [-0.15, -0.1) is 0 Å². The number of carbonyl (C=O) groups is 1. The van der Waals surface area contributed by atoms with Crippen molar-refractivity contribution in [1.29, 1.82) is 0 Å². The highest BCUT2D eigenvalue weighted by atomic mass is 16.4. The van der Waals surface area contributed by atoms with Gasteiger partial charge in [0, 0.05) is 25.7 Å². The Bertz CT molecular complexity index is 620. The third-order valence-electron chi connectivity index (χ3n) is 4.68. The minimum Gasteiger partial charge on any atom is -0.480 e. The Morgan fingerprint density at radius 1 is 1.04 bits per heavy atom. The van der Waals surface area contributed by atoms with Crippen LogP contribution in [0.2, 0.25) is 0 Å². The monoisotopic (exact) mass is 324 g/mol. The first-order valence-corrected chi connectivity index (χ1v) is 8.45. The highest BCUT2D eigenvalue weighted by molar-refractivity contribution is 5.69. The quantitative estimate of drug-likeness (QED) is 0.918. The topological polar surface area (TPSA) is 43.8 Å². The lowest BCUT2D eigenvalue weighted by Gasteiger charge is -2.44. The molecule has 1 heterocycles. The van der Waals surface area contributed by atoms with Crippen LogP contribution >= 0.6 is 0 Å². The number of benzene rings is 2. The van der Waals surface area contributed by atoms with Gasteiger partial charge in [0.1, 0.15) is 0 Å². The van der Waals surface area contributed by atoms with Crippen LogP contribution in [0.4, 0.5) is 0 Å². The molecule has 1 fully saturated rings. The molecule has 2 aromatic rings. The molecule has 4 heteroatoms. The minimum absolute atomic E-state index is 0.125. The second-order valence-corrected chi connectivity index (χ2v) is 6.44. The SMILES string of the molecule is C[C@@H]1CN(CC(=O)O)CCN1C(c1ccccc1)c1ccccc1. The van der Waals surface area contributed by atoms with E-state index in [1.165, 1.54) is 11.1 Å². The molecular weight excluding hydrogens is 300 g/mol. The lowest BCUT2D eigenvalue weighted by Crippen LogP contribution is -2.54. The van der Waals surface area contributed by atoms with Crippen LogP contribution < -0.4 is 0 Å². The van der Waals surface area contributed by atoms with Crippen LogP contribution in [0, 0.1) is 0 Å². The molecule has 0 bridgehead atoms. The zero-order valence-corrected chi connectivity index (χ0v) is 14.0. The van der Waals surface area contributed by atoms with Crippen LogP contribution in [0.15, 0.2) is 60.7 Å². The Kier molecular flexibility index (Phi) is 5.28. The fraction of sp³-hybridized carbons (Fsp3) is 0.350. The van der Waals surface area contributed by atoms with Crippen molar-refractivity contribution in [2.75, 3.05) is 26.2 Å². The zero-order valence-electron chi connectivity index (χ0n) is 14.0. The van der Waals surface area contributed by atoms with Crippen LogP contribution in [0.1, 0.15) is 24.1 Å². The Morgan fingerprint density at radius 3 is 2.04 bits per heavy atom. The number of carboxylic acid groups (broad SMARTS) is 1. The van der Waals surface area contributed by atoms with Crippen LogP contribution in [0.25, 0.3) is 0 Å². The number of hydrogen-bond acceptors (Lipinski definition) is 3. The molecule has 0 aromatic heterocycles. The van der Waals surface area contributed by atoms with Crippen molar-refractivity contribution in [3.8, 4) is 0 Å². The van der Waals surface area contributed by atoms with Gasteiger partial charge in [-0.25, -0.2) is 0 Å². The molecule has 126 valence electrons. The molecule has 0 radical (unpaired) electrons. The maximum absolute atomic E-state index is 11.0. The summed E-state index contributed by atoms with van der Waals surface area (Å²) in [7, 11) is 0. The molecule has 4 nitrogen and oxygen atoms in total. The average molecular weight is 324 g/mol. The first kappa shape index (κ1) is 16.7. The van der Waals surface area contributed by atoms with E-state index < -0.39 is 5.97 Å². The summed E-state index contributed by atoms with van der Waals surface area (Å²) in [6.45, 7) is 4.74. The third-order valence-corrected chi connectivity index (χ3v) is 4.68. The lowest BCUT2D eigenvalue weighted by molar-refractivity contribution is -0.139. The van der Waals surface area contributed by atoms with Crippen molar-refractivity contribution in [1.82, 2.24) is 9.80 Å². The van der Waals surface area contributed by atoms with Gasteiger partial charge >= 0.3 is 5.97 Å². The molecular formula is C20H24N2O2. The first-order valence-electron chi connectivity index (χ1n) is 8.45. The van der Waals surface area contributed by atoms with Crippen molar-refractivity contribution in [3.05, 3.63) is 71.8 Å². The highest BCUT2D eigenvalue weighted by Gasteiger charge is 2.31. The largest absolute Gasteiger partial charge is 0.480 e. The molecule has 1 aliphatic heterocycles. The summed E-state index contributed by atoms with van der Waals surface area (Å²) in [6, 6.07) is 21.6. The van der Waals surface area contributed by atoms with Gasteiger partial charge in [0.25, 0.3) is 0 Å². The first-order chi connectivity index (χ1) is 11.6. The van der Waals surface area contributed by atoms with E-state index in [-0.39, 0.29) is 12.6 Å². The third kappa shape index (κ3) is 3.83. The summed E-state index contributed by atoms with van der Waals surface area (Å²) >= 11 is 0. The Balaban J connectivity index is 1.86. The van der Waals surface area contributed by atoms with E-state index in [9.17, 15) is 4.79 Å². The van der Waals surface area contributed by atoms with E-state index in [1.54, 1.807) is 0 Å². The second-order valence-electron chi connectivity index (χ2n) is 6.44. The molecule has 2 aromatic carbocycles. The summed E-state index contributed by atoms with van der Waals surface area (Å²) in [6.07, 6.45) is 0. The zero-order chi connectivity index (χ0) is 16.9. The molecule has 0 spiro atoms. The molecule has 0 unspecified atom stereocenters. The molecule has 1 saturated heterocycles. The number of rotatable bonds is 5. The van der Waals surface area contributed by atoms with Gasteiger partial charge in [-0.05, 0) is 18.1 Å². The molecule has 1 N–H and O–H groups in total. The minimum atomic E-state index is -0.752. The average Bonchev–Trinajstić information content (AvgIpc) is 2.58. The fourth-order valence-electron chi connectivity index (χ4n) is 3.61. The molecule has 24 heavy (non-hydrogen) atoms. The normalized spacial score (nSPS) is 19.5. The molecule has 0 amide bonds. The van der Waals surface area contributed by atoms with Gasteiger partial charge in [0.15, 0.2) is 0 Å². The van der Waals surface area contributed by atoms with Crippen LogP contribution in [-0.2, 0) is 4.79 Å². The smallest absolute Gasteiger partial charge is 0.317 e. The second kappa shape index (κ2) is 7.60. The molecule has 3 rings (SSSR count). The van der Waals surface area contributed by atoms with Crippen molar-refractivity contribution < 1.29 is 9.90 Å². The predicted molar refractivity (Wildman–Crippen MR) is 95.0 cm³/mol. The van der Waals surface area contributed by atoms with Crippen LogP contribution in [-0.4, -0.2) is 53.1 Å². The van der Waals surface area contributed by atoms with E-state index in [0.717, 1.165) is 19.6 Å². The molecule has 1 aliphatic rings. The molecule has 0 saturated carbocycles. The van der Waals surface area contributed by atoms with Gasteiger partial charge in [-0.2, -0.15) is 0 Å². The van der Waals surface area contributed by atoms with E-state index in [0.29, 0.717) is 6.04 Å². The number of nitrogens with zero attached hydrogens (tertiary/aromatic N) is 2. The van der Waals surface area contributed by atoms with Gasteiger partial charge in [0.05, 0.1) is 12.6 Å². The van der Waals surface area contributed by atoms with E-state index in [4.69, 9.17) is 5.11 Å². The Hall–Kier alpha value is -2.17. The molecule has 0 aliphatic carbocycles. The Labute approximate surface area is 143 Å². The van der Waals surface area contributed by atoms with Gasteiger partial charge in [0.2, 0.25) is 0 Å². The molecule has 1 atom stereocenters. The van der Waals surface area contributed by atoms with Gasteiger partial charge in [-0.1, -0.05) is 60.7 Å². The van der Waals surface area contributed by atoms with Gasteiger partial charge in [-0.3, -0.25) is 14.6 Å². The summed E-state index contributed by atoms with van der Waals surface area (Å²) in [4.78, 5) is 15.5. The number of aliphatic carboxylic acids is 1. The van der Waals surface area contributed by atoms with E-state index in [1.807, 2.05) is 17.0 Å². The number of carboxylic acids is 1. The summed E-state index contributed by atoms with van der Waals surface area (Å²) in [5, 5.41) is 9.03. The van der Waals surface area contributed by atoms with Crippen LogP contribution in [0.5, 0.6) is 0 Å². The highest BCUT2D eigenvalue weighted by Crippen LogP contribution is 2.31. The summed E-state index contributed by atoms with van der Waals surface area (Å²) in [5.41, 5.74) is 2.56. The maximum atomic E-state index is 11.0. The van der Waals surface area contributed by atoms with Crippen molar-refractivity contribution in [2.24, 2.45) is 0 Å². The summed E-state index contributed by atoms with van der Waals surface area (Å²) in [5.74, 6) is -0.752. The predicted octanol–water partition coefficient (Wildman–Crippen LogP) is 2.87. The van der Waals surface area contributed by atoms with E-state index in [2.05, 4.69) is 60.4 Å². The summed E-state index contributed by atoms with van der Waals surface area (Å²) < 4.78 is 0. The van der Waals surface area contributed by atoms with E-state index >= 15 is 0 Å².